The molecule has 144 valence electrons. The van der Waals surface area contributed by atoms with Crippen LogP contribution in [0.2, 0.25) is 0 Å². The van der Waals surface area contributed by atoms with Crippen LogP contribution in [0.4, 0.5) is 0 Å². The highest BCUT2D eigenvalue weighted by molar-refractivity contribution is 9.10. The zero-order valence-corrected chi connectivity index (χ0v) is 17.6. The molecular formula is C22H23BrN4O. The van der Waals surface area contributed by atoms with Gasteiger partial charge in [-0.1, -0.05) is 41.9 Å². The molecule has 28 heavy (non-hydrogen) atoms. The molecule has 0 bridgehead atoms. The van der Waals surface area contributed by atoms with Gasteiger partial charge in [0.25, 0.3) is 5.91 Å². The number of carbonyl (C=O) groups is 1. The van der Waals surface area contributed by atoms with Gasteiger partial charge in [0.1, 0.15) is 6.33 Å². The van der Waals surface area contributed by atoms with E-state index in [1.807, 2.05) is 47.4 Å². The van der Waals surface area contributed by atoms with Gasteiger partial charge in [-0.15, -0.1) is 0 Å². The Hall–Kier alpha value is -2.31. The summed E-state index contributed by atoms with van der Waals surface area (Å²) in [4.78, 5) is 23.9. The molecule has 6 heteroatoms. The van der Waals surface area contributed by atoms with Gasteiger partial charge in [0.05, 0.1) is 11.2 Å². The maximum atomic E-state index is 13.1. The Kier molecular flexibility index (Phi) is 5.42. The van der Waals surface area contributed by atoms with Gasteiger partial charge >= 0.3 is 0 Å². The number of carbonyl (C=O) groups excluding carboxylic acids is 1. The van der Waals surface area contributed by atoms with Crippen LogP contribution in [0.15, 0.2) is 53.3 Å². The zero-order valence-electron chi connectivity index (χ0n) is 16.0. The minimum atomic E-state index is 0.0774. The molecule has 0 radical (unpaired) electrons. The van der Waals surface area contributed by atoms with Crippen LogP contribution in [0.3, 0.4) is 0 Å². The Labute approximate surface area is 173 Å². The third kappa shape index (κ3) is 3.80. The van der Waals surface area contributed by atoms with Gasteiger partial charge in [-0.2, -0.15) is 0 Å². The molecule has 0 saturated carbocycles. The van der Waals surface area contributed by atoms with Crippen LogP contribution in [-0.4, -0.2) is 46.5 Å². The lowest BCUT2D eigenvalue weighted by atomic mass is 10.0. The first-order valence-electron chi connectivity index (χ1n) is 9.56. The van der Waals surface area contributed by atoms with Crippen molar-refractivity contribution < 1.29 is 4.79 Å². The molecule has 1 aliphatic heterocycles. The van der Waals surface area contributed by atoms with E-state index in [0.717, 1.165) is 46.3 Å². The Bertz CT molecular complexity index is 1020. The van der Waals surface area contributed by atoms with E-state index in [1.54, 1.807) is 6.33 Å². The third-order valence-electron chi connectivity index (χ3n) is 5.28. The molecule has 3 aromatic rings. The molecule has 1 N–H and O–H groups in total. The van der Waals surface area contributed by atoms with E-state index in [4.69, 9.17) is 0 Å². The Balaban J connectivity index is 1.67. The summed E-state index contributed by atoms with van der Waals surface area (Å²) in [5.74, 6) is 0.571. The van der Waals surface area contributed by atoms with E-state index < -0.39 is 0 Å². The average molecular weight is 439 g/mol. The fraction of sp³-hybridized carbons (Fsp3) is 0.318. The molecule has 1 fully saturated rings. The van der Waals surface area contributed by atoms with Crippen molar-refractivity contribution in [2.45, 2.75) is 19.9 Å². The molecule has 0 spiro atoms. The van der Waals surface area contributed by atoms with Gasteiger partial charge in [0.15, 0.2) is 0 Å². The standard InChI is InChI=1S/C22H23BrN4O/c1-14(2)20-12-27(9-8-24-20)22(28)16-5-3-4-15(10-16)21-18-11-17(23)6-7-19(18)25-13-26-21/h3-7,10-11,13-14,20,24H,8-9,12H2,1-2H3. The smallest absolute Gasteiger partial charge is 0.253 e. The summed E-state index contributed by atoms with van der Waals surface area (Å²) < 4.78 is 0.976. The van der Waals surface area contributed by atoms with Crippen LogP contribution in [0.1, 0.15) is 24.2 Å². The lowest BCUT2D eigenvalue weighted by Gasteiger charge is -2.35. The minimum absolute atomic E-state index is 0.0774. The molecule has 2 heterocycles. The molecule has 4 rings (SSSR count). The van der Waals surface area contributed by atoms with Crippen molar-refractivity contribution in [3.8, 4) is 11.3 Å². The van der Waals surface area contributed by atoms with Gasteiger partial charge in [-0.25, -0.2) is 9.97 Å². The number of hydrogen-bond acceptors (Lipinski definition) is 4. The van der Waals surface area contributed by atoms with Gasteiger partial charge in [-0.3, -0.25) is 4.79 Å². The van der Waals surface area contributed by atoms with Crippen LogP contribution >= 0.6 is 15.9 Å². The van der Waals surface area contributed by atoms with Gasteiger partial charge in [-0.05, 0) is 36.2 Å². The first-order chi connectivity index (χ1) is 13.5. The summed E-state index contributed by atoms with van der Waals surface area (Å²) in [6.45, 7) is 6.67. The molecule has 2 aromatic carbocycles. The fourth-order valence-electron chi connectivity index (χ4n) is 3.65. The van der Waals surface area contributed by atoms with Gasteiger partial charge in [0, 0.05) is 46.7 Å². The molecular weight excluding hydrogens is 416 g/mol. The average Bonchev–Trinajstić information content (AvgIpc) is 2.73. The lowest BCUT2D eigenvalue weighted by molar-refractivity contribution is 0.0684. The topological polar surface area (TPSA) is 58.1 Å². The second kappa shape index (κ2) is 7.97. The number of benzene rings is 2. The highest BCUT2D eigenvalue weighted by atomic mass is 79.9. The first kappa shape index (κ1) is 19.0. The number of hydrogen-bond donors (Lipinski definition) is 1. The van der Waals surface area contributed by atoms with Crippen LogP contribution in [0.25, 0.3) is 22.2 Å². The quantitative estimate of drug-likeness (QED) is 0.667. The largest absolute Gasteiger partial charge is 0.336 e. The van der Waals surface area contributed by atoms with E-state index in [2.05, 4.69) is 45.1 Å². The Morgan fingerprint density at radius 2 is 2.07 bits per heavy atom. The lowest BCUT2D eigenvalue weighted by Crippen LogP contribution is -2.54. The summed E-state index contributed by atoms with van der Waals surface area (Å²) in [6.07, 6.45) is 1.57. The van der Waals surface area contributed by atoms with Gasteiger partial charge < -0.3 is 10.2 Å². The Morgan fingerprint density at radius 3 is 2.89 bits per heavy atom. The monoisotopic (exact) mass is 438 g/mol. The summed E-state index contributed by atoms with van der Waals surface area (Å²) in [5, 5.41) is 4.46. The number of nitrogens with one attached hydrogen (secondary N) is 1. The van der Waals surface area contributed by atoms with Crippen LogP contribution in [0.5, 0.6) is 0 Å². The minimum Gasteiger partial charge on any atom is -0.336 e. The molecule has 1 aromatic heterocycles. The van der Waals surface area contributed by atoms with Crippen molar-refractivity contribution in [2.75, 3.05) is 19.6 Å². The van der Waals surface area contributed by atoms with Crippen molar-refractivity contribution in [1.29, 1.82) is 0 Å². The molecule has 1 unspecified atom stereocenters. The molecule has 5 nitrogen and oxygen atoms in total. The van der Waals surface area contributed by atoms with Crippen LogP contribution < -0.4 is 5.32 Å². The van der Waals surface area contributed by atoms with Crippen molar-refractivity contribution in [3.05, 3.63) is 58.8 Å². The number of fused-ring (bicyclic) bond motifs is 1. The maximum Gasteiger partial charge on any atom is 0.253 e. The number of rotatable bonds is 3. The molecule has 1 aliphatic rings. The number of amides is 1. The van der Waals surface area contributed by atoms with Crippen molar-refractivity contribution in [1.82, 2.24) is 20.2 Å². The zero-order chi connectivity index (χ0) is 19.7. The van der Waals surface area contributed by atoms with Crippen LogP contribution in [-0.2, 0) is 0 Å². The molecule has 1 amide bonds. The number of aromatic nitrogens is 2. The van der Waals surface area contributed by atoms with Crippen molar-refractivity contribution in [3.63, 3.8) is 0 Å². The van der Waals surface area contributed by atoms with Crippen molar-refractivity contribution >= 4 is 32.7 Å². The predicted molar refractivity (Wildman–Crippen MR) is 115 cm³/mol. The Morgan fingerprint density at radius 1 is 1.21 bits per heavy atom. The van der Waals surface area contributed by atoms with E-state index in [0.29, 0.717) is 17.5 Å². The highest BCUT2D eigenvalue weighted by Gasteiger charge is 2.26. The summed E-state index contributed by atoms with van der Waals surface area (Å²) in [5.41, 5.74) is 3.34. The van der Waals surface area contributed by atoms with Gasteiger partial charge in [0.2, 0.25) is 0 Å². The molecule has 1 atom stereocenters. The summed E-state index contributed by atoms with van der Waals surface area (Å²) in [7, 11) is 0. The fourth-order valence-corrected chi connectivity index (χ4v) is 4.01. The number of nitrogens with zero attached hydrogens (tertiary/aromatic N) is 3. The summed E-state index contributed by atoms with van der Waals surface area (Å²) in [6, 6.07) is 14.0. The number of piperazine rings is 1. The highest BCUT2D eigenvalue weighted by Crippen LogP contribution is 2.28. The predicted octanol–water partition coefficient (Wildman–Crippen LogP) is 4.13. The van der Waals surface area contributed by atoms with E-state index in [1.165, 1.54) is 0 Å². The first-order valence-corrected chi connectivity index (χ1v) is 10.4. The second-order valence-electron chi connectivity index (χ2n) is 7.52. The normalized spacial score (nSPS) is 17.3. The van der Waals surface area contributed by atoms with Crippen LogP contribution in [0, 0.1) is 5.92 Å². The maximum absolute atomic E-state index is 13.1. The van der Waals surface area contributed by atoms with Crippen molar-refractivity contribution in [2.24, 2.45) is 5.92 Å². The summed E-state index contributed by atoms with van der Waals surface area (Å²) >= 11 is 3.52. The number of halogens is 1. The molecule has 1 saturated heterocycles. The second-order valence-corrected chi connectivity index (χ2v) is 8.44. The van der Waals surface area contributed by atoms with E-state index >= 15 is 0 Å². The SMILES string of the molecule is CC(C)C1CN(C(=O)c2cccc(-c3ncnc4ccc(Br)cc34)c2)CCN1. The van der Waals surface area contributed by atoms with E-state index in [9.17, 15) is 4.79 Å². The third-order valence-corrected chi connectivity index (χ3v) is 5.77. The molecule has 0 aliphatic carbocycles. The van der Waals surface area contributed by atoms with E-state index in [-0.39, 0.29) is 5.91 Å².